The van der Waals surface area contributed by atoms with Crippen molar-refractivity contribution in [1.29, 1.82) is 5.26 Å². The van der Waals surface area contributed by atoms with Gasteiger partial charge in [-0.1, -0.05) is 48.2 Å². The van der Waals surface area contributed by atoms with Crippen LogP contribution in [0.4, 0.5) is 9.18 Å². The van der Waals surface area contributed by atoms with Crippen LogP contribution in [0.1, 0.15) is 23.1 Å². The van der Waals surface area contributed by atoms with Crippen molar-refractivity contribution in [2.24, 2.45) is 0 Å². The summed E-state index contributed by atoms with van der Waals surface area (Å²) in [4.78, 5) is 11.6. The highest BCUT2D eigenvalue weighted by molar-refractivity contribution is 5.67. The summed E-state index contributed by atoms with van der Waals surface area (Å²) in [6.07, 6.45) is 0.0543. The minimum Gasteiger partial charge on any atom is -0.445 e. The Labute approximate surface area is 146 Å². The topological polar surface area (TPSA) is 62.1 Å². The summed E-state index contributed by atoms with van der Waals surface area (Å²) < 4.78 is 18.3. The molecule has 0 aromatic heterocycles. The molecule has 0 heterocycles. The molecule has 0 fully saturated rings. The third-order valence-corrected chi connectivity index (χ3v) is 3.30. The number of amides is 1. The van der Waals surface area contributed by atoms with Crippen LogP contribution in [0, 0.1) is 29.0 Å². The van der Waals surface area contributed by atoms with Crippen LogP contribution in [-0.2, 0) is 17.8 Å². The largest absolute Gasteiger partial charge is 0.445 e. The number of rotatable bonds is 5. The Morgan fingerprint density at radius 1 is 1.20 bits per heavy atom. The summed E-state index contributed by atoms with van der Waals surface area (Å²) >= 11 is 0. The van der Waals surface area contributed by atoms with Gasteiger partial charge in [0, 0.05) is 18.5 Å². The number of carbonyl (C=O) groups is 1. The average molecular weight is 336 g/mol. The van der Waals surface area contributed by atoms with Crippen LogP contribution in [0.2, 0.25) is 0 Å². The second-order valence-electron chi connectivity index (χ2n) is 5.18. The van der Waals surface area contributed by atoms with Crippen molar-refractivity contribution in [1.82, 2.24) is 5.32 Å². The monoisotopic (exact) mass is 336 g/mol. The van der Waals surface area contributed by atoms with Gasteiger partial charge in [-0.25, -0.2) is 9.18 Å². The number of benzene rings is 2. The molecule has 0 radical (unpaired) electrons. The van der Waals surface area contributed by atoms with Crippen LogP contribution in [0.3, 0.4) is 0 Å². The Bertz CT molecular complexity index is 817. The maximum atomic E-state index is 13.3. The van der Waals surface area contributed by atoms with Crippen molar-refractivity contribution in [2.45, 2.75) is 19.4 Å². The Morgan fingerprint density at radius 3 is 2.76 bits per heavy atom. The lowest BCUT2D eigenvalue weighted by Gasteiger charge is -2.05. The van der Waals surface area contributed by atoms with Crippen LogP contribution < -0.4 is 5.32 Å². The fourth-order valence-corrected chi connectivity index (χ4v) is 2.06. The predicted molar refractivity (Wildman–Crippen MR) is 91.8 cm³/mol. The number of alkyl carbamates (subject to hydrolysis) is 1. The van der Waals surface area contributed by atoms with Crippen LogP contribution >= 0.6 is 0 Å². The van der Waals surface area contributed by atoms with E-state index in [1.54, 1.807) is 6.07 Å². The van der Waals surface area contributed by atoms with Crippen molar-refractivity contribution in [3.05, 3.63) is 71.0 Å². The lowest BCUT2D eigenvalue weighted by molar-refractivity contribution is 0.140. The number of hydrogen-bond donors (Lipinski definition) is 1. The van der Waals surface area contributed by atoms with Gasteiger partial charge in [-0.3, -0.25) is 0 Å². The molecule has 126 valence electrons. The van der Waals surface area contributed by atoms with Gasteiger partial charge in [0.05, 0.1) is 12.5 Å². The maximum Gasteiger partial charge on any atom is 0.407 e. The van der Waals surface area contributed by atoms with E-state index in [9.17, 15) is 9.18 Å². The number of nitriles is 1. The van der Waals surface area contributed by atoms with E-state index in [2.05, 4.69) is 17.2 Å². The van der Waals surface area contributed by atoms with E-state index >= 15 is 0 Å². The highest BCUT2D eigenvalue weighted by atomic mass is 19.1. The Morgan fingerprint density at radius 2 is 2.00 bits per heavy atom. The van der Waals surface area contributed by atoms with Gasteiger partial charge in [-0.05, 0) is 23.3 Å². The standard InChI is InChI=1S/C20H17FN2O2/c21-19-10-9-17(11-12-22)18(14-19)8-4-5-13-23-20(24)25-15-16-6-2-1-3-7-16/h1-3,6-7,9-10,14H,5,11,13,15H2,(H,23,24). The van der Waals surface area contributed by atoms with E-state index in [1.807, 2.05) is 36.4 Å². The molecule has 0 atom stereocenters. The molecule has 0 unspecified atom stereocenters. The summed E-state index contributed by atoms with van der Waals surface area (Å²) in [7, 11) is 0. The van der Waals surface area contributed by atoms with E-state index < -0.39 is 11.9 Å². The van der Waals surface area contributed by atoms with Gasteiger partial charge >= 0.3 is 6.09 Å². The van der Waals surface area contributed by atoms with Crippen LogP contribution in [-0.4, -0.2) is 12.6 Å². The molecule has 0 aliphatic rings. The number of nitrogens with zero attached hydrogens (tertiary/aromatic N) is 1. The second kappa shape index (κ2) is 9.75. The molecule has 4 nitrogen and oxygen atoms in total. The highest BCUT2D eigenvalue weighted by Crippen LogP contribution is 2.10. The summed E-state index contributed by atoms with van der Waals surface area (Å²) in [6, 6.07) is 15.6. The summed E-state index contributed by atoms with van der Waals surface area (Å²) in [5, 5.41) is 11.4. The van der Waals surface area contributed by atoms with Gasteiger partial charge in [0.25, 0.3) is 0 Å². The smallest absolute Gasteiger partial charge is 0.407 e. The fraction of sp³-hybridized carbons (Fsp3) is 0.200. The molecule has 2 rings (SSSR count). The van der Waals surface area contributed by atoms with Crippen LogP contribution in [0.5, 0.6) is 0 Å². The third-order valence-electron chi connectivity index (χ3n) is 3.30. The maximum absolute atomic E-state index is 13.3. The van der Waals surface area contributed by atoms with E-state index in [0.717, 1.165) is 5.56 Å². The fourth-order valence-electron chi connectivity index (χ4n) is 2.06. The first kappa shape index (κ1) is 18.0. The van der Waals surface area contributed by atoms with E-state index in [1.165, 1.54) is 12.1 Å². The minimum atomic E-state index is -0.512. The molecule has 0 bridgehead atoms. The normalized spacial score (nSPS) is 9.44. The second-order valence-corrected chi connectivity index (χ2v) is 5.18. The van der Waals surface area contributed by atoms with E-state index in [4.69, 9.17) is 10.00 Å². The molecule has 0 spiro atoms. The van der Waals surface area contributed by atoms with Crippen molar-refractivity contribution in [3.63, 3.8) is 0 Å². The van der Waals surface area contributed by atoms with Crippen LogP contribution in [0.15, 0.2) is 48.5 Å². The molecular formula is C20H17FN2O2. The van der Waals surface area contributed by atoms with Crippen molar-refractivity contribution in [2.75, 3.05) is 6.54 Å². The highest BCUT2D eigenvalue weighted by Gasteiger charge is 2.02. The zero-order chi connectivity index (χ0) is 17.9. The van der Waals surface area contributed by atoms with Crippen molar-refractivity contribution >= 4 is 6.09 Å². The number of nitrogens with one attached hydrogen (secondary N) is 1. The molecule has 2 aromatic carbocycles. The summed E-state index contributed by atoms with van der Waals surface area (Å²) in [6.45, 7) is 0.530. The molecule has 1 amide bonds. The summed E-state index contributed by atoms with van der Waals surface area (Å²) in [5.41, 5.74) is 2.09. The first-order valence-electron chi connectivity index (χ1n) is 7.78. The molecule has 1 N–H and O–H groups in total. The zero-order valence-corrected chi connectivity index (χ0v) is 13.6. The lowest BCUT2D eigenvalue weighted by Crippen LogP contribution is -2.24. The third kappa shape index (κ3) is 6.37. The van der Waals surface area contributed by atoms with Crippen molar-refractivity contribution < 1.29 is 13.9 Å². The van der Waals surface area contributed by atoms with Gasteiger partial charge in [-0.15, -0.1) is 0 Å². The number of halogens is 1. The van der Waals surface area contributed by atoms with Gasteiger partial charge < -0.3 is 10.1 Å². The molecule has 5 heteroatoms. The SMILES string of the molecule is N#CCc1ccc(F)cc1C#CCCNC(=O)OCc1ccccc1. The first-order chi connectivity index (χ1) is 12.2. The Hall–Kier alpha value is -3.31. The van der Waals surface area contributed by atoms with Gasteiger partial charge in [-0.2, -0.15) is 5.26 Å². The molecule has 0 saturated carbocycles. The molecule has 25 heavy (non-hydrogen) atoms. The Balaban J connectivity index is 1.76. The van der Waals surface area contributed by atoms with E-state index in [-0.39, 0.29) is 13.0 Å². The lowest BCUT2D eigenvalue weighted by atomic mass is 10.1. The van der Waals surface area contributed by atoms with E-state index in [0.29, 0.717) is 24.1 Å². The van der Waals surface area contributed by atoms with Crippen molar-refractivity contribution in [3.8, 4) is 17.9 Å². The molecule has 2 aromatic rings. The molecule has 0 saturated heterocycles. The number of carbonyl (C=O) groups excluding carboxylic acids is 1. The van der Waals surface area contributed by atoms with Gasteiger partial charge in [0.1, 0.15) is 12.4 Å². The van der Waals surface area contributed by atoms with Crippen LogP contribution in [0.25, 0.3) is 0 Å². The molecular weight excluding hydrogens is 319 g/mol. The molecule has 0 aliphatic carbocycles. The summed E-state index contributed by atoms with van der Waals surface area (Å²) in [5.74, 6) is 5.30. The Kier molecular flexibility index (Phi) is 7.03. The van der Waals surface area contributed by atoms with Gasteiger partial charge in [0.15, 0.2) is 0 Å². The number of hydrogen-bond acceptors (Lipinski definition) is 3. The first-order valence-corrected chi connectivity index (χ1v) is 7.78. The average Bonchev–Trinajstić information content (AvgIpc) is 2.63. The minimum absolute atomic E-state index is 0.175. The zero-order valence-electron chi connectivity index (χ0n) is 13.6. The molecule has 0 aliphatic heterocycles. The number of ether oxygens (including phenoxy) is 1. The quantitative estimate of drug-likeness (QED) is 0.671. The predicted octanol–water partition coefficient (Wildman–Crippen LogP) is 3.56. The van der Waals surface area contributed by atoms with Gasteiger partial charge in [0.2, 0.25) is 0 Å².